The highest BCUT2D eigenvalue weighted by atomic mass is 14.8. The van der Waals surface area contributed by atoms with Crippen LogP contribution in [0.2, 0.25) is 0 Å². The maximum absolute atomic E-state index is 4.15. The Bertz CT molecular complexity index is 230. The quantitative estimate of drug-likeness (QED) is 0.547. The molecule has 0 aromatic carbocycles. The van der Waals surface area contributed by atoms with E-state index in [2.05, 4.69) is 27.4 Å². The lowest BCUT2D eigenvalue weighted by Crippen LogP contribution is -2.21. The summed E-state index contributed by atoms with van der Waals surface area (Å²) in [6.45, 7) is 11.2. The van der Waals surface area contributed by atoms with E-state index in [1.54, 1.807) is 6.42 Å². The van der Waals surface area contributed by atoms with Crippen molar-refractivity contribution in [2.75, 3.05) is 0 Å². The van der Waals surface area contributed by atoms with Crippen LogP contribution in [0.15, 0.2) is 12.2 Å². The molecule has 2 fully saturated rings. The summed E-state index contributed by atoms with van der Waals surface area (Å²) < 4.78 is 0. The molecule has 2 aliphatic rings. The van der Waals surface area contributed by atoms with Gasteiger partial charge in [0, 0.05) is 0 Å². The molecule has 0 bridgehead atoms. The van der Waals surface area contributed by atoms with Gasteiger partial charge in [0.1, 0.15) is 0 Å². The normalized spacial score (nSPS) is 40.2. The fraction of sp³-hybridized carbons (Fsp3) is 0.857. The summed E-state index contributed by atoms with van der Waals surface area (Å²) in [6, 6.07) is 0. The van der Waals surface area contributed by atoms with Gasteiger partial charge in [-0.15, -0.1) is 0 Å². The molecule has 2 saturated carbocycles. The van der Waals surface area contributed by atoms with Crippen molar-refractivity contribution in [3.8, 4) is 0 Å². The molecular formula is C14H24. The van der Waals surface area contributed by atoms with E-state index < -0.39 is 0 Å². The smallest absolute Gasteiger partial charge is 0.0206 e. The molecule has 3 unspecified atom stereocenters. The summed E-state index contributed by atoms with van der Waals surface area (Å²) >= 11 is 0. The first-order valence-electron chi connectivity index (χ1n) is 6.33. The van der Waals surface area contributed by atoms with Gasteiger partial charge in [-0.2, -0.15) is 0 Å². The van der Waals surface area contributed by atoms with Gasteiger partial charge in [-0.3, -0.25) is 0 Å². The predicted octanol–water partition coefficient (Wildman–Crippen LogP) is 4.42. The lowest BCUT2D eigenvalue weighted by Gasteiger charge is -2.30. The van der Waals surface area contributed by atoms with Crippen LogP contribution in [-0.2, 0) is 0 Å². The molecule has 0 saturated heterocycles. The average Bonchev–Trinajstić information content (AvgIpc) is 3.01. The van der Waals surface area contributed by atoms with Crippen LogP contribution in [0, 0.1) is 23.2 Å². The highest BCUT2D eigenvalue weighted by molar-refractivity contribution is 5.25. The summed E-state index contributed by atoms with van der Waals surface area (Å²) in [5.74, 6) is 3.16. The van der Waals surface area contributed by atoms with E-state index in [0.29, 0.717) is 0 Å². The molecule has 2 aliphatic carbocycles. The minimum absolute atomic E-state index is 0.785. The summed E-state index contributed by atoms with van der Waals surface area (Å²) in [7, 11) is 0. The summed E-state index contributed by atoms with van der Waals surface area (Å²) in [5, 5.41) is 0. The Morgan fingerprint density at radius 3 is 2.43 bits per heavy atom. The second-order valence-electron chi connectivity index (χ2n) is 5.52. The molecule has 0 radical (unpaired) electrons. The first-order valence-corrected chi connectivity index (χ1v) is 6.33. The third kappa shape index (κ3) is 1.34. The van der Waals surface area contributed by atoms with Crippen LogP contribution < -0.4 is 0 Å². The Hall–Kier alpha value is -0.260. The van der Waals surface area contributed by atoms with E-state index in [4.69, 9.17) is 0 Å². The van der Waals surface area contributed by atoms with Crippen LogP contribution in [0.5, 0.6) is 0 Å². The maximum Gasteiger partial charge on any atom is -0.0206 e. The lowest BCUT2D eigenvalue weighted by molar-refractivity contribution is 0.215. The van der Waals surface area contributed by atoms with Crippen molar-refractivity contribution in [1.29, 1.82) is 0 Å². The molecule has 0 amide bonds. The van der Waals surface area contributed by atoms with E-state index >= 15 is 0 Å². The Labute approximate surface area is 88.8 Å². The van der Waals surface area contributed by atoms with Gasteiger partial charge in [-0.1, -0.05) is 39.3 Å². The fourth-order valence-electron chi connectivity index (χ4n) is 3.65. The molecule has 0 heteroatoms. The van der Waals surface area contributed by atoms with Gasteiger partial charge in [0.05, 0.1) is 0 Å². The molecule has 0 aromatic heterocycles. The van der Waals surface area contributed by atoms with Gasteiger partial charge in [0.2, 0.25) is 0 Å². The minimum atomic E-state index is 0.785. The highest BCUT2D eigenvalue weighted by Crippen LogP contribution is 2.82. The van der Waals surface area contributed by atoms with Crippen molar-refractivity contribution >= 4 is 0 Å². The van der Waals surface area contributed by atoms with Crippen molar-refractivity contribution in [2.45, 2.75) is 52.9 Å². The van der Waals surface area contributed by atoms with Crippen molar-refractivity contribution in [2.24, 2.45) is 23.2 Å². The molecule has 0 nitrogen and oxygen atoms in total. The zero-order valence-electron chi connectivity index (χ0n) is 9.97. The molecular weight excluding hydrogens is 168 g/mol. The second-order valence-corrected chi connectivity index (χ2v) is 5.52. The SMILES string of the molecule is C=C(CC)CC(C)C1(CCC)C2CC21. The number of allylic oxidation sites excluding steroid dienone is 1. The van der Waals surface area contributed by atoms with Gasteiger partial charge >= 0.3 is 0 Å². The van der Waals surface area contributed by atoms with Crippen LogP contribution >= 0.6 is 0 Å². The summed E-state index contributed by atoms with van der Waals surface area (Å²) in [6.07, 6.45) is 6.84. The van der Waals surface area contributed by atoms with E-state index in [1.165, 1.54) is 31.3 Å². The molecule has 2 rings (SSSR count). The Kier molecular flexibility index (Phi) is 2.49. The van der Waals surface area contributed by atoms with E-state index in [-0.39, 0.29) is 0 Å². The predicted molar refractivity (Wildman–Crippen MR) is 62.2 cm³/mol. The van der Waals surface area contributed by atoms with Crippen molar-refractivity contribution < 1.29 is 0 Å². The number of rotatable bonds is 6. The van der Waals surface area contributed by atoms with Crippen LogP contribution in [-0.4, -0.2) is 0 Å². The molecule has 3 atom stereocenters. The van der Waals surface area contributed by atoms with Crippen molar-refractivity contribution in [3.63, 3.8) is 0 Å². The maximum atomic E-state index is 4.15. The first-order chi connectivity index (χ1) is 6.66. The number of fused-ring (bicyclic) bond motifs is 1. The fourth-order valence-corrected chi connectivity index (χ4v) is 3.65. The van der Waals surface area contributed by atoms with Gasteiger partial charge in [0.15, 0.2) is 0 Å². The third-order valence-electron chi connectivity index (χ3n) is 4.76. The Morgan fingerprint density at radius 1 is 1.43 bits per heavy atom. The topological polar surface area (TPSA) is 0 Å². The van der Waals surface area contributed by atoms with E-state index in [1.807, 2.05) is 0 Å². The Morgan fingerprint density at radius 2 is 2.07 bits per heavy atom. The molecule has 0 heterocycles. The number of hydrogen-bond acceptors (Lipinski definition) is 0. The van der Waals surface area contributed by atoms with Crippen molar-refractivity contribution in [1.82, 2.24) is 0 Å². The zero-order valence-corrected chi connectivity index (χ0v) is 9.97. The summed E-state index contributed by atoms with van der Waals surface area (Å²) in [5.41, 5.74) is 2.24. The van der Waals surface area contributed by atoms with Crippen molar-refractivity contribution in [3.05, 3.63) is 12.2 Å². The molecule has 80 valence electrons. The van der Waals surface area contributed by atoms with Crippen LogP contribution in [0.1, 0.15) is 52.9 Å². The standard InChI is InChI=1S/C14H24/c1-5-7-14(12-9-13(12)14)11(4)8-10(3)6-2/h11-13H,3,5-9H2,1-2,4H3. The van der Waals surface area contributed by atoms with Gasteiger partial charge in [-0.25, -0.2) is 0 Å². The molecule has 0 aromatic rings. The zero-order chi connectivity index (χ0) is 10.3. The monoisotopic (exact) mass is 192 g/mol. The second kappa shape index (κ2) is 3.40. The first kappa shape index (κ1) is 10.3. The van der Waals surface area contributed by atoms with Crippen LogP contribution in [0.25, 0.3) is 0 Å². The Balaban J connectivity index is 1.90. The molecule has 14 heavy (non-hydrogen) atoms. The van der Waals surface area contributed by atoms with Gasteiger partial charge < -0.3 is 0 Å². The third-order valence-corrected chi connectivity index (χ3v) is 4.76. The van der Waals surface area contributed by atoms with Gasteiger partial charge in [0.25, 0.3) is 0 Å². The molecule has 0 spiro atoms. The summed E-state index contributed by atoms with van der Waals surface area (Å²) in [4.78, 5) is 0. The average molecular weight is 192 g/mol. The highest BCUT2D eigenvalue weighted by Gasteiger charge is 2.76. The van der Waals surface area contributed by atoms with E-state index in [0.717, 1.165) is 23.2 Å². The largest absolute Gasteiger partial charge is 0.0999 e. The molecule has 0 aliphatic heterocycles. The lowest BCUT2D eigenvalue weighted by atomic mass is 9.75. The van der Waals surface area contributed by atoms with E-state index in [9.17, 15) is 0 Å². The van der Waals surface area contributed by atoms with Crippen LogP contribution in [0.4, 0.5) is 0 Å². The van der Waals surface area contributed by atoms with Gasteiger partial charge in [-0.05, 0) is 48.9 Å². The number of hydrogen-bond donors (Lipinski definition) is 0. The minimum Gasteiger partial charge on any atom is -0.0999 e. The van der Waals surface area contributed by atoms with Crippen LogP contribution in [0.3, 0.4) is 0 Å². The molecule has 0 N–H and O–H groups in total.